The second kappa shape index (κ2) is 6.75. The Morgan fingerprint density at radius 1 is 1.33 bits per heavy atom. The van der Waals surface area contributed by atoms with E-state index < -0.39 is 18.1 Å². The minimum atomic E-state index is -2.89. The molecule has 6 nitrogen and oxygen atoms in total. The highest BCUT2D eigenvalue weighted by Crippen LogP contribution is 2.14. The number of carbonyl (C=O) groups is 1. The van der Waals surface area contributed by atoms with Crippen molar-refractivity contribution in [2.24, 2.45) is 0 Å². The molecule has 0 fully saturated rings. The molecule has 0 saturated heterocycles. The van der Waals surface area contributed by atoms with E-state index in [0.29, 0.717) is 10.5 Å². The highest BCUT2D eigenvalue weighted by Gasteiger charge is 2.13. The van der Waals surface area contributed by atoms with Crippen LogP contribution < -0.4 is 15.6 Å². The summed E-state index contributed by atoms with van der Waals surface area (Å²) in [5, 5.41) is 4.30. The molecule has 2 aromatic heterocycles. The number of fused-ring (bicyclic) bond motifs is 1. The fourth-order valence-corrected chi connectivity index (χ4v) is 2.72. The van der Waals surface area contributed by atoms with Crippen molar-refractivity contribution in [3.63, 3.8) is 0 Å². The largest absolute Gasteiger partial charge is 0.435 e. The maximum atomic E-state index is 12.2. The Kier molecular flexibility index (Phi) is 4.52. The number of benzene rings is 1. The van der Waals surface area contributed by atoms with E-state index in [0.717, 1.165) is 0 Å². The van der Waals surface area contributed by atoms with Gasteiger partial charge in [-0.25, -0.2) is 4.98 Å². The van der Waals surface area contributed by atoms with Crippen LogP contribution in [0.3, 0.4) is 0 Å². The number of rotatable bonds is 5. The lowest BCUT2D eigenvalue weighted by Gasteiger charge is -2.07. The van der Waals surface area contributed by atoms with Crippen molar-refractivity contribution in [2.45, 2.75) is 13.2 Å². The minimum Gasteiger partial charge on any atom is -0.435 e. The van der Waals surface area contributed by atoms with Gasteiger partial charge in [0.1, 0.15) is 11.3 Å². The topological polar surface area (TPSA) is 72.7 Å². The molecule has 0 saturated carbocycles. The van der Waals surface area contributed by atoms with Crippen molar-refractivity contribution in [1.29, 1.82) is 0 Å². The highest BCUT2D eigenvalue weighted by molar-refractivity contribution is 7.15. The molecule has 3 rings (SSSR count). The molecule has 1 amide bonds. The number of nitrogens with zero attached hydrogens (tertiary/aromatic N) is 2. The smallest absolute Gasteiger partial charge is 0.387 e. The first-order valence-corrected chi connectivity index (χ1v) is 7.69. The van der Waals surface area contributed by atoms with Gasteiger partial charge < -0.3 is 10.1 Å². The number of hydrogen-bond donors (Lipinski definition) is 1. The van der Waals surface area contributed by atoms with Gasteiger partial charge in [-0.15, -0.1) is 11.3 Å². The van der Waals surface area contributed by atoms with Crippen molar-refractivity contribution in [3.8, 4) is 5.75 Å². The third-order valence-corrected chi connectivity index (χ3v) is 3.96. The van der Waals surface area contributed by atoms with Crippen LogP contribution in [0.5, 0.6) is 5.75 Å². The van der Waals surface area contributed by atoms with Gasteiger partial charge in [0.25, 0.3) is 11.5 Å². The Morgan fingerprint density at radius 2 is 2.08 bits per heavy atom. The Morgan fingerprint density at radius 3 is 2.79 bits per heavy atom. The maximum absolute atomic E-state index is 12.2. The van der Waals surface area contributed by atoms with Gasteiger partial charge in [-0.3, -0.25) is 14.0 Å². The van der Waals surface area contributed by atoms with Gasteiger partial charge in [-0.05, 0) is 17.7 Å². The summed E-state index contributed by atoms with van der Waals surface area (Å²) in [7, 11) is 0. The van der Waals surface area contributed by atoms with Gasteiger partial charge in [0, 0.05) is 24.3 Å². The van der Waals surface area contributed by atoms with E-state index in [1.807, 2.05) is 0 Å². The van der Waals surface area contributed by atoms with Gasteiger partial charge in [-0.1, -0.05) is 12.1 Å². The van der Waals surface area contributed by atoms with Crippen LogP contribution in [0, 0.1) is 0 Å². The SMILES string of the molecule is O=C(NCc1ccc(OC(F)F)cc1)c1cnc2sccn2c1=O. The Balaban J connectivity index is 1.68. The number of carbonyl (C=O) groups excluding carboxylic acids is 1. The van der Waals surface area contributed by atoms with Crippen LogP contribution >= 0.6 is 11.3 Å². The van der Waals surface area contributed by atoms with Gasteiger partial charge in [0.05, 0.1) is 0 Å². The van der Waals surface area contributed by atoms with E-state index in [4.69, 9.17) is 0 Å². The lowest BCUT2D eigenvalue weighted by atomic mass is 10.2. The molecule has 9 heteroatoms. The van der Waals surface area contributed by atoms with Gasteiger partial charge in [0.2, 0.25) is 0 Å². The number of thiazole rings is 1. The number of halogens is 2. The van der Waals surface area contributed by atoms with Crippen LogP contribution in [-0.4, -0.2) is 21.9 Å². The Hall–Kier alpha value is -2.81. The van der Waals surface area contributed by atoms with Crippen LogP contribution in [0.4, 0.5) is 8.78 Å². The van der Waals surface area contributed by atoms with E-state index in [1.54, 1.807) is 23.7 Å². The second-order valence-corrected chi connectivity index (χ2v) is 5.61. The van der Waals surface area contributed by atoms with E-state index in [2.05, 4.69) is 15.0 Å². The summed E-state index contributed by atoms with van der Waals surface area (Å²) in [5.74, 6) is -0.522. The number of alkyl halides is 2. The zero-order valence-corrected chi connectivity index (χ0v) is 12.9. The van der Waals surface area contributed by atoms with Crippen molar-refractivity contribution in [3.05, 3.63) is 63.5 Å². The van der Waals surface area contributed by atoms with E-state index in [1.165, 1.54) is 34.1 Å². The first-order chi connectivity index (χ1) is 11.5. The third kappa shape index (κ3) is 3.40. The molecule has 0 aliphatic rings. The molecule has 1 aromatic carbocycles. The van der Waals surface area contributed by atoms with Crippen LogP contribution in [0.15, 0.2) is 46.8 Å². The van der Waals surface area contributed by atoms with E-state index >= 15 is 0 Å². The van der Waals surface area contributed by atoms with Crippen molar-refractivity contribution in [1.82, 2.24) is 14.7 Å². The lowest BCUT2D eigenvalue weighted by Crippen LogP contribution is -2.30. The molecule has 24 heavy (non-hydrogen) atoms. The zero-order chi connectivity index (χ0) is 17.1. The molecular weight excluding hydrogens is 340 g/mol. The fraction of sp³-hybridized carbons (Fsp3) is 0.133. The molecule has 124 valence electrons. The molecular formula is C15H11F2N3O3S. The quantitative estimate of drug-likeness (QED) is 0.765. The molecule has 2 heterocycles. The Bertz CT molecular complexity index is 922. The number of ether oxygens (including phenoxy) is 1. The van der Waals surface area contributed by atoms with Crippen LogP contribution in [-0.2, 0) is 6.54 Å². The van der Waals surface area contributed by atoms with Crippen LogP contribution in [0.2, 0.25) is 0 Å². The molecule has 0 aliphatic heterocycles. The summed E-state index contributed by atoms with van der Waals surface area (Å²) in [6.45, 7) is -2.75. The average molecular weight is 351 g/mol. The van der Waals surface area contributed by atoms with Crippen LogP contribution in [0.25, 0.3) is 4.96 Å². The zero-order valence-electron chi connectivity index (χ0n) is 12.1. The number of aromatic nitrogens is 2. The molecule has 3 aromatic rings. The normalized spacial score (nSPS) is 11.0. The molecule has 0 aliphatic carbocycles. The lowest BCUT2D eigenvalue weighted by molar-refractivity contribution is -0.0498. The summed E-state index contributed by atoms with van der Waals surface area (Å²) in [6, 6.07) is 5.85. The van der Waals surface area contributed by atoms with Gasteiger partial charge >= 0.3 is 6.61 Å². The Labute approximate surface area is 138 Å². The standard InChI is InChI=1S/C15H11F2N3O3S/c16-14(17)23-10-3-1-9(2-4-10)7-18-12(21)11-8-19-15-20(13(11)22)5-6-24-15/h1-6,8,14H,7H2,(H,18,21). The number of nitrogens with one attached hydrogen (secondary N) is 1. The summed E-state index contributed by atoms with van der Waals surface area (Å²) in [5.41, 5.74) is 0.164. The van der Waals surface area contributed by atoms with E-state index in [-0.39, 0.29) is 17.9 Å². The van der Waals surface area contributed by atoms with Gasteiger partial charge in [0.15, 0.2) is 4.96 Å². The first-order valence-electron chi connectivity index (χ1n) is 6.81. The van der Waals surface area contributed by atoms with Crippen LogP contribution in [0.1, 0.15) is 15.9 Å². The number of hydrogen-bond acceptors (Lipinski definition) is 5. The molecule has 1 N–H and O–H groups in total. The van der Waals surface area contributed by atoms with Crippen molar-refractivity contribution >= 4 is 22.2 Å². The van der Waals surface area contributed by atoms with Crippen molar-refractivity contribution < 1.29 is 18.3 Å². The first kappa shape index (κ1) is 16.1. The summed E-state index contributed by atoms with van der Waals surface area (Å²) in [4.78, 5) is 28.9. The molecule has 0 unspecified atom stereocenters. The molecule has 0 spiro atoms. The highest BCUT2D eigenvalue weighted by atomic mass is 32.1. The summed E-state index contributed by atoms with van der Waals surface area (Å²) < 4.78 is 29.7. The fourth-order valence-electron chi connectivity index (χ4n) is 2.05. The third-order valence-electron chi connectivity index (χ3n) is 3.19. The minimum absolute atomic E-state index is 0.0328. The molecule has 0 atom stereocenters. The maximum Gasteiger partial charge on any atom is 0.387 e. The summed E-state index contributed by atoms with van der Waals surface area (Å²) >= 11 is 1.29. The number of amides is 1. The van der Waals surface area contributed by atoms with Gasteiger partial charge in [-0.2, -0.15) is 8.78 Å². The predicted molar refractivity (Wildman–Crippen MR) is 83.6 cm³/mol. The second-order valence-electron chi connectivity index (χ2n) is 4.74. The summed E-state index contributed by atoms with van der Waals surface area (Å²) in [6.07, 6.45) is 2.79. The average Bonchev–Trinajstić information content (AvgIpc) is 3.03. The molecule has 0 bridgehead atoms. The van der Waals surface area contributed by atoms with E-state index in [9.17, 15) is 18.4 Å². The predicted octanol–water partition coefficient (Wildman–Crippen LogP) is 2.29. The monoisotopic (exact) mass is 351 g/mol. The van der Waals surface area contributed by atoms with Crippen molar-refractivity contribution in [2.75, 3.05) is 0 Å². The molecule has 0 radical (unpaired) electrons.